The molecule has 194 valence electrons. The molecule has 0 spiro atoms. The highest BCUT2D eigenvalue weighted by molar-refractivity contribution is 4.76. The third-order valence-electron chi connectivity index (χ3n) is 7.55. The minimum absolute atomic E-state index is 0.785. The lowest BCUT2D eigenvalue weighted by atomic mass is 10.0. The number of rotatable bonds is 18. The molecule has 33 heavy (non-hydrogen) atoms. The smallest absolute Gasteiger partial charge is 0.0594 e. The molecule has 0 saturated carbocycles. The predicted molar refractivity (Wildman–Crippen MR) is 147 cm³/mol. The van der Waals surface area contributed by atoms with Gasteiger partial charge in [-0.25, -0.2) is 0 Å². The van der Waals surface area contributed by atoms with Gasteiger partial charge in [-0.05, 0) is 77.3 Å². The number of hydrogen-bond donors (Lipinski definition) is 0. The lowest BCUT2D eigenvalue weighted by molar-refractivity contribution is 0.0134. The molecule has 0 aliphatic carbocycles. The summed E-state index contributed by atoms with van der Waals surface area (Å²) in [6.45, 7) is 19.0. The summed E-state index contributed by atoms with van der Waals surface area (Å²) in [7, 11) is 0. The van der Waals surface area contributed by atoms with Crippen LogP contribution in [-0.4, -0.2) is 61.3 Å². The van der Waals surface area contributed by atoms with Crippen molar-refractivity contribution >= 4 is 0 Å². The van der Waals surface area contributed by atoms with Gasteiger partial charge < -0.3 is 9.64 Å². The summed E-state index contributed by atoms with van der Waals surface area (Å²) in [5.74, 6) is 0. The first-order chi connectivity index (χ1) is 16.3. The highest BCUT2D eigenvalue weighted by atomic mass is 16.5. The van der Waals surface area contributed by atoms with Crippen LogP contribution in [0.1, 0.15) is 117 Å². The first-order valence-corrected chi connectivity index (χ1v) is 14.5. The molecule has 2 heterocycles. The number of ether oxygens (including phenoxy) is 1. The Morgan fingerprint density at radius 1 is 0.636 bits per heavy atom. The third-order valence-corrected chi connectivity index (χ3v) is 7.55. The van der Waals surface area contributed by atoms with Crippen molar-refractivity contribution in [1.82, 2.24) is 9.80 Å². The zero-order valence-electron chi connectivity index (χ0n) is 22.6. The normalized spacial score (nSPS) is 19.0. The average molecular weight is 463 g/mol. The van der Waals surface area contributed by atoms with Gasteiger partial charge in [-0.2, -0.15) is 0 Å². The van der Waals surface area contributed by atoms with Crippen LogP contribution in [0, 0.1) is 0 Å². The Labute approximate surface area is 208 Å². The van der Waals surface area contributed by atoms with Gasteiger partial charge >= 0.3 is 0 Å². The van der Waals surface area contributed by atoms with Gasteiger partial charge in [0.15, 0.2) is 0 Å². The second-order valence-electron chi connectivity index (χ2n) is 10.1. The van der Waals surface area contributed by atoms with Crippen molar-refractivity contribution in [3.05, 3.63) is 25.3 Å². The molecule has 0 aromatic heterocycles. The van der Waals surface area contributed by atoms with E-state index < -0.39 is 0 Å². The number of morpholine rings is 1. The van der Waals surface area contributed by atoms with Crippen molar-refractivity contribution in [2.75, 3.05) is 39.4 Å². The van der Waals surface area contributed by atoms with Crippen LogP contribution in [0.15, 0.2) is 25.3 Å². The second kappa shape index (κ2) is 21.9. The number of unbranched alkanes of at least 4 members (excludes halogenated alkanes) is 8. The molecule has 2 atom stereocenters. The van der Waals surface area contributed by atoms with Gasteiger partial charge in [0, 0.05) is 25.2 Å². The van der Waals surface area contributed by atoms with Crippen LogP contribution in [0.5, 0.6) is 0 Å². The zero-order chi connectivity index (χ0) is 24.0. The number of hydrogen-bond acceptors (Lipinski definition) is 3. The van der Waals surface area contributed by atoms with Crippen molar-refractivity contribution in [3.63, 3.8) is 0 Å². The molecule has 0 radical (unpaired) electrons. The molecule has 0 N–H and O–H groups in total. The molecule has 2 fully saturated rings. The SMILES string of the molecule is C=CCCCCCC(CC)N1CCOCC1.C=CCCCCCCCC(CC)N1CCCC1. The van der Waals surface area contributed by atoms with Crippen molar-refractivity contribution in [2.24, 2.45) is 0 Å². The van der Waals surface area contributed by atoms with Crippen molar-refractivity contribution < 1.29 is 4.74 Å². The van der Waals surface area contributed by atoms with Crippen LogP contribution in [-0.2, 0) is 4.74 Å². The molecule has 2 saturated heterocycles. The van der Waals surface area contributed by atoms with E-state index in [0.717, 1.165) is 38.4 Å². The Hall–Kier alpha value is -0.640. The molecule has 3 heteroatoms. The average Bonchev–Trinajstić information content (AvgIpc) is 3.39. The summed E-state index contributed by atoms with van der Waals surface area (Å²) >= 11 is 0. The van der Waals surface area contributed by atoms with Crippen LogP contribution in [0.3, 0.4) is 0 Å². The van der Waals surface area contributed by atoms with Crippen molar-refractivity contribution in [3.8, 4) is 0 Å². The van der Waals surface area contributed by atoms with E-state index in [1.807, 2.05) is 12.2 Å². The maximum absolute atomic E-state index is 5.40. The molecule has 2 aliphatic heterocycles. The molecule has 3 nitrogen and oxygen atoms in total. The first kappa shape index (κ1) is 30.4. The van der Waals surface area contributed by atoms with Crippen LogP contribution >= 0.6 is 0 Å². The lowest BCUT2D eigenvalue weighted by Crippen LogP contribution is -2.43. The summed E-state index contributed by atoms with van der Waals surface area (Å²) in [6, 6.07) is 1.67. The Kier molecular flexibility index (Phi) is 20.1. The molecule has 2 rings (SSSR count). The van der Waals surface area contributed by atoms with E-state index in [4.69, 9.17) is 4.74 Å². The van der Waals surface area contributed by atoms with Crippen molar-refractivity contribution in [2.45, 2.75) is 129 Å². The van der Waals surface area contributed by atoms with E-state index >= 15 is 0 Å². The topological polar surface area (TPSA) is 15.7 Å². The summed E-state index contributed by atoms with van der Waals surface area (Å²) in [5.41, 5.74) is 0. The van der Waals surface area contributed by atoms with E-state index in [9.17, 15) is 0 Å². The fourth-order valence-corrected chi connectivity index (χ4v) is 5.38. The quantitative estimate of drug-likeness (QED) is 0.151. The van der Waals surface area contributed by atoms with Crippen LogP contribution in [0.4, 0.5) is 0 Å². The Morgan fingerprint density at radius 2 is 1.06 bits per heavy atom. The van der Waals surface area contributed by atoms with Gasteiger partial charge in [0.1, 0.15) is 0 Å². The summed E-state index contributed by atoms with van der Waals surface area (Å²) < 4.78 is 5.40. The van der Waals surface area contributed by atoms with E-state index in [-0.39, 0.29) is 0 Å². The van der Waals surface area contributed by atoms with Crippen molar-refractivity contribution in [1.29, 1.82) is 0 Å². The van der Waals surface area contributed by atoms with Gasteiger partial charge in [0.2, 0.25) is 0 Å². The predicted octanol–water partition coefficient (Wildman–Crippen LogP) is 8.01. The highest BCUT2D eigenvalue weighted by Crippen LogP contribution is 2.19. The number of likely N-dealkylation sites (tertiary alicyclic amines) is 1. The van der Waals surface area contributed by atoms with Gasteiger partial charge in [-0.1, -0.05) is 64.5 Å². The van der Waals surface area contributed by atoms with Crippen LogP contribution < -0.4 is 0 Å². The molecule has 0 amide bonds. The van der Waals surface area contributed by atoms with E-state index in [2.05, 4.69) is 36.8 Å². The van der Waals surface area contributed by atoms with Gasteiger partial charge in [0.25, 0.3) is 0 Å². The Bertz CT molecular complexity index is 441. The second-order valence-corrected chi connectivity index (χ2v) is 10.1. The standard InChI is InChI=1S/C16H31N.C14H27NO/c1-3-5-6-7-8-9-10-13-16(4-2)17-14-11-12-15-17;1-3-5-6-7-8-9-14(4-2)15-10-12-16-13-11-15/h3,16H,1,4-15H2,2H3;3,14H,1,4-13H2,2H3. The molecule has 0 bridgehead atoms. The minimum Gasteiger partial charge on any atom is -0.379 e. The minimum atomic E-state index is 0.785. The Balaban J connectivity index is 0.000000331. The van der Waals surface area contributed by atoms with Crippen LogP contribution in [0.2, 0.25) is 0 Å². The largest absolute Gasteiger partial charge is 0.379 e. The summed E-state index contributed by atoms with van der Waals surface area (Å²) in [5, 5.41) is 0. The van der Waals surface area contributed by atoms with E-state index in [0.29, 0.717) is 0 Å². The van der Waals surface area contributed by atoms with E-state index in [1.54, 1.807) is 0 Å². The van der Waals surface area contributed by atoms with Crippen LogP contribution in [0.25, 0.3) is 0 Å². The maximum atomic E-state index is 5.40. The summed E-state index contributed by atoms with van der Waals surface area (Å²) in [6.07, 6.45) is 25.8. The molecule has 0 aromatic rings. The van der Waals surface area contributed by atoms with E-state index in [1.165, 1.54) is 116 Å². The fraction of sp³-hybridized carbons (Fsp3) is 0.867. The van der Waals surface area contributed by atoms with Gasteiger partial charge in [0.05, 0.1) is 13.2 Å². The first-order valence-electron chi connectivity index (χ1n) is 14.5. The lowest BCUT2D eigenvalue weighted by Gasteiger charge is -2.34. The zero-order valence-corrected chi connectivity index (χ0v) is 22.6. The van der Waals surface area contributed by atoms with Gasteiger partial charge in [-0.15, -0.1) is 13.2 Å². The fourth-order valence-electron chi connectivity index (χ4n) is 5.38. The molecule has 2 unspecified atom stereocenters. The number of nitrogens with zero attached hydrogens (tertiary/aromatic N) is 2. The summed E-state index contributed by atoms with van der Waals surface area (Å²) in [4.78, 5) is 5.33. The van der Waals surface area contributed by atoms with Gasteiger partial charge in [-0.3, -0.25) is 4.90 Å². The highest BCUT2D eigenvalue weighted by Gasteiger charge is 2.20. The molecule has 2 aliphatic rings. The maximum Gasteiger partial charge on any atom is 0.0594 e. The number of allylic oxidation sites excluding steroid dienone is 2. The monoisotopic (exact) mass is 462 g/mol. The third kappa shape index (κ3) is 15.1. The molecular weight excluding hydrogens is 404 g/mol. The Morgan fingerprint density at radius 3 is 1.55 bits per heavy atom. The molecular formula is C30H58N2O. The molecule has 0 aromatic carbocycles.